The minimum absolute atomic E-state index is 0.0559. The normalized spacial score (nSPS) is 16.4. The molecule has 0 saturated carbocycles. The quantitative estimate of drug-likeness (QED) is 0.179. The first-order valence-corrected chi connectivity index (χ1v) is 23.0. The Balaban J connectivity index is 1.15. The fourth-order valence-corrected chi connectivity index (χ4v) is 11.7. The van der Waals surface area contributed by atoms with Gasteiger partial charge in [-0.3, -0.25) is 0 Å². The van der Waals surface area contributed by atoms with Gasteiger partial charge in [-0.25, -0.2) is 0 Å². The molecule has 1 N–H and O–H groups in total. The van der Waals surface area contributed by atoms with Crippen molar-refractivity contribution in [3.05, 3.63) is 161 Å². The highest BCUT2D eigenvalue weighted by molar-refractivity contribution is 6.73. The van der Waals surface area contributed by atoms with E-state index in [0.29, 0.717) is 0 Å². The summed E-state index contributed by atoms with van der Waals surface area (Å²) < 4.78 is 9.06. The largest absolute Gasteiger partial charge is 0.464 e. The van der Waals surface area contributed by atoms with Gasteiger partial charge in [-0.15, -0.1) is 0 Å². The van der Waals surface area contributed by atoms with Crippen LogP contribution in [-0.4, -0.2) is 11.8 Å². The van der Waals surface area contributed by atoms with Gasteiger partial charge in [-0.1, -0.05) is 147 Å². The summed E-state index contributed by atoms with van der Waals surface area (Å²) in [6.45, 7) is 21.4. The maximum atomic E-state index is 6.44. The zero-order valence-corrected chi connectivity index (χ0v) is 38.2. The second kappa shape index (κ2) is 12.9. The molecule has 0 bridgehead atoms. The van der Waals surface area contributed by atoms with Crippen molar-refractivity contribution in [3.63, 3.8) is 0 Å². The first-order chi connectivity index (χ1) is 30.1. The molecule has 0 atom stereocenters. The molecule has 0 amide bonds. The standard InChI is InChI=1S/C59H55BN2O/c1-56(2,3)35-19-21-36(22-20-35)61-50-30-48-47(57(4,5)25-26-58(48,6)7)28-41(50)38-23-24-39-42-27-40-37-17-13-14-18-45(37)59(8,9)46(40)31-51(42)62-52-29-43-44(34-15-11-10-12-16-34)33-63-53(43)32-49(52)60-54(38)55(39)62/h10-24,27-33,60-61H,25-26H2,1-9H3. The molecule has 310 valence electrons. The van der Waals surface area contributed by atoms with Gasteiger partial charge in [0.15, 0.2) is 7.28 Å². The van der Waals surface area contributed by atoms with Gasteiger partial charge in [-0.2, -0.15) is 0 Å². The molecule has 2 aliphatic carbocycles. The second-order valence-corrected chi connectivity index (χ2v) is 21.7. The number of furan rings is 1. The molecule has 63 heavy (non-hydrogen) atoms. The average Bonchev–Trinajstić information content (AvgIpc) is 3.90. The van der Waals surface area contributed by atoms with Gasteiger partial charge in [-0.05, 0) is 133 Å². The lowest BCUT2D eigenvalue weighted by atomic mass is 9.58. The number of hydrogen-bond donors (Lipinski definition) is 1. The van der Waals surface area contributed by atoms with E-state index >= 15 is 0 Å². The highest BCUT2D eigenvalue weighted by Gasteiger charge is 2.40. The van der Waals surface area contributed by atoms with Crippen molar-refractivity contribution < 1.29 is 4.42 Å². The van der Waals surface area contributed by atoms with Crippen molar-refractivity contribution in [1.29, 1.82) is 0 Å². The molecule has 12 rings (SSSR count). The minimum atomic E-state index is -0.118. The third-order valence-corrected chi connectivity index (χ3v) is 15.5. The predicted octanol–water partition coefficient (Wildman–Crippen LogP) is 14.3. The SMILES string of the molecule is CC(C)(C)c1ccc(Nc2cc3c(cc2-c2ccc4c5cc6c(cc5n5c4c2Bc2cc4occ(-c7ccccc7)c4cc2-5)C(C)(C)c2ccccc2-6)C(C)(C)CCC3(C)C)cc1. The Labute approximate surface area is 372 Å². The zero-order valence-electron chi connectivity index (χ0n) is 38.2. The van der Waals surface area contributed by atoms with Crippen molar-refractivity contribution in [2.75, 3.05) is 5.32 Å². The van der Waals surface area contributed by atoms with Crippen LogP contribution in [0.2, 0.25) is 0 Å². The number of hydrogen-bond acceptors (Lipinski definition) is 2. The van der Waals surface area contributed by atoms with Gasteiger partial charge < -0.3 is 14.3 Å². The first-order valence-electron chi connectivity index (χ1n) is 23.0. The molecule has 0 fully saturated rings. The Morgan fingerprint density at radius 1 is 0.587 bits per heavy atom. The van der Waals surface area contributed by atoms with E-state index in [2.05, 4.69) is 200 Å². The topological polar surface area (TPSA) is 30.1 Å². The van der Waals surface area contributed by atoms with Crippen LogP contribution in [0.3, 0.4) is 0 Å². The minimum Gasteiger partial charge on any atom is -0.464 e. The molecule has 7 aromatic carbocycles. The Bertz CT molecular complexity index is 3390. The van der Waals surface area contributed by atoms with Crippen LogP contribution in [0.5, 0.6) is 0 Å². The van der Waals surface area contributed by atoms with Crippen LogP contribution >= 0.6 is 0 Å². The van der Waals surface area contributed by atoms with Gasteiger partial charge in [0.1, 0.15) is 5.58 Å². The Morgan fingerprint density at radius 2 is 1.30 bits per heavy atom. The monoisotopic (exact) mass is 818 g/mol. The molecule has 0 spiro atoms. The van der Waals surface area contributed by atoms with Crippen molar-refractivity contribution in [1.82, 2.24) is 4.57 Å². The van der Waals surface area contributed by atoms with Gasteiger partial charge in [0, 0.05) is 55.3 Å². The smallest absolute Gasteiger partial charge is 0.198 e. The van der Waals surface area contributed by atoms with Crippen LogP contribution in [0.1, 0.15) is 103 Å². The van der Waals surface area contributed by atoms with E-state index in [-0.39, 0.29) is 21.7 Å². The molecule has 1 aliphatic heterocycles. The van der Waals surface area contributed by atoms with Crippen LogP contribution in [-0.2, 0) is 21.7 Å². The average molecular weight is 819 g/mol. The molecular formula is C59H55BN2O. The zero-order chi connectivity index (χ0) is 43.4. The fourth-order valence-electron chi connectivity index (χ4n) is 11.7. The lowest BCUT2D eigenvalue weighted by molar-refractivity contribution is 0.332. The number of fused-ring (bicyclic) bond motifs is 10. The molecule has 4 heteroatoms. The molecule has 3 aliphatic rings. The lowest BCUT2D eigenvalue weighted by Crippen LogP contribution is -2.37. The van der Waals surface area contributed by atoms with E-state index in [1.807, 2.05) is 6.26 Å². The third kappa shape index (κ3) is 5.59. The van der Waals surface area contributed by atoms with Crippen LogP contribution in [0.15, 0.2) is 138 Å². The van der Waals surface area contributed by atoms with E-state index in [1.54, 1.807) is 0 Å². The molecule has 0 radical (unpaired) electrons. The van der Waals surface area contributed by atoms with Crippen LogP contribution < -0.4 is 16.2 Å². The van der Waals surface area contributed by atoms with Crippen LogP contribution in [0, 0.1) is 0 Å². The summed E-state index contributed by atoms with van der Waals surface area (Å²) in [5.74, 6) is 0. The summed E-state index contributed by atoms with van der Waals surface area (Å²) in [6, 6.07) is 48.5. The van der Waals surface area contributed by atoms with Crippen LogP contribution in [0.25, 0.3) is 71.8 Å². The lowest BCUT2D eigenvalue weighted by Gasteiger charge is -2.42. The number of benzene rings is 7. The summed E-state index contributed by atoms with van der Waals surface area (Å²) in [5.41, 5.74) is 24.4. The molecule has 0 unspecified atom stereocenters. The van der Waals surface area contributed by atoms with E-state index in [4.69, 9.17) is 4.42 Å². The van der Waals surface area contributed by atoms with E-state index in [1.165, 1.54) is 106 Å². The van der Waals surface area contributed by atoms with Crippen molar-refractivity contribution in [2.24, 2.45) is 0 Å². The number of rotatable bonds is 4. The van der Waals surface area contributed by atoms with Crippen molar-refractivity contribution >= 4 is 62.4 Å². The summed E-state index contributed by atoms with van der Waals surface area (Å²) in [6.07, 6.45) is 4.27. The van der Waals surface area contributed by atoms with Gasteiger partial charge in [0.05, 0.1) is 11.8 Å². The molecule has 9 aromatic rings. The summed E-state index contributed by atoms with van der Waals surface area (Å²) in [5, 5.41) is 7.77. The van der Waals surface area contributed by atoms with Gasteiger partial charge >= 0.3 is 0 Å². The van der Waals surface area contributed by atoms with E-state index in [0.717, 1.165) is 35.9 Å². The highest BCUT2D eigenvalue weighted by Crippen LogP contribution is 2.53. The maximum absolute atomic E-state index is 6.44. The molecule has 3 heterocycles. The first kappa shape index (κ1) is 38.4. The summed E-state index contributed by atoms with van der Waals surface area (Å²) >= 11 is 0. The Hall–Kier alpha value is -6.26. The molecule has 3 nitrogen and oxygen atoms in total. The number of aromatic nitrogens is 1. The predicted molar refractivity (Wildman–Crippen MR) is 269 cm³/mol. The second-order valence-electron chi connectivity index (χ2n) is 21.7. The highest BCUT2D eigenvalue weighted by atomic mass is 16.3. The molecule has 2 aromatic heterocycles. The van der Waals surface area contributed by atoms with Gasteiger partial charge in [0.2, 0.25) is 0 Å². The van der Waals surface area contributed by atoms with Gasteiger partial charge in [0.25, 0.3) is 0 Å². The molecular weight excluding hydrogens is 763 g/mol. The summed E-state index contributed by atoms with van der Waals surface area (Å²) in [4.78, 5) is 0. The van der Waals surface area contributed by atoms with Crippen LogP contribution in [0.4, 0.5) is 11.4 Å². The molecule has 0 saturated heterocycles. The van der Waals surface area contributed by atoms with Crippen molar-refractivity contribution in [3.8, 4) is 39.1 Å². The Morgan fingerprint density at radius 3 is 2.05 bits per heavy atom. The Kier molecular flexibility index (Phi) is 7.88. The number of nitrogens with zero attached hydrogens (tertiary/aromatic N) is 1. The van der Waals surface area contributed by atoms with E-state index < -0.39 is 0 Å². The van der Waals surface area contributed by atoms with E-state index in [9.17, 15) is 0 Å². The third-order valence-electron chi connectivity index (χ3n) is 15.5. The maximum Gasteiger partial charge on any atom is 0.198 e. The summed E-state index contributed by atoms with van der Waals surface area (Å²) in [7, 11) is 0.801. The van der Waals surface area contributed by atoms with Crippen molar-refractivity contribution in [2.45, 2.75) is 96.8 Å². The number of anilines is 2. The number of nitrogens with one attached hydrogen (secondary N) is 1. The fraction of sp³-hybridized carbons (Fsp3) is 0.254.